The van der Waals surface area contributed by atoms with E-state index >= 15 is 0 Å². The van der Waals surface area contributed by atoms with Crippen LogP contribution in [0.5, 0.6) is 0 Å². The number of nitrogens with zero attached hydrogens (tertiary/aromatic N) is 2. The number of aromatic nitrogens is 1. The Kier molecular flexibility index (Phi) is 4.66. The Morgan fingerprint density at radius 1 is 1.00 bits per heavy atom. The van der Waals surface area contributed by atoms with E-state index in [-0.39, 0.29) is 0 Å². The molecule has 0 spiro atoms. The van der Waals surface area contributed by atoms with E-state index < -0.39 is 0 Å². The second-order valence-electron chi connectivity index (χ2n) is 5.03. The van der Waals surface area contributed by atoms with Crippen molar-refractivity contribution in [2.24, 2.45) is 5.73 Å². The van der Waals surface area contributed by atoms with Gasteiger partial charge < -0.3 is 10.6 Å². The van der Waals surface area contributed by atoms with Crippen LogP contribution in [-0.4, -0.2) is 30.5 Å². The molecule has 0 aliphatic heterocycles. The first-order chi connectivity index (χ1) is 9.19. The number of nitrogens with two attached hydrogens (primary N) is 1. The summed E-state index contributed by atoms with van der Waals surface area (Å²) in [4.78, 5) is 6.66. The summed E-state index contributed by atoms with van der Waals surface area (Å²) in [5.74, 6) is 0. The first-order valence-electron chi connectivity index (χ1n) is 6.58. The van der Waals surface area contributed by atoms with E-state index in [1.54, 1.807) is 0 Å². The van der Waals surface area contributed by atoms with Crippen LogP contribution in [0.1, 0.15) is 11.1 Å². The van der Waals surface area contributed by atoms with Crippen molar-refractivity contribution in [3.8, 4) is 11.3 Å². The molecule has 0 radical (unpaired) electrons. The fourth-order valence-electron chi connectivity index (χ4n) is 2.06. The van der Waals surface area contributed by atoms with Crippen molar-refractivity contribution < 1.29 is 0 Å². The Morgan fingerprint density at radius 3 is 2.21 bits per heavy atom. The van der Waals surface area contributed by atoms with Gasteiger partial charge in [-0.25, -0.2) is 0 Å². The molecule has 1 heterocycles. The normalized spacial score (nSPS) is 10.9. The van der Waals surface area contributed by atoms with Crippen LogP contribution in [0, 0.1) is 0 Å². The highest BCUT2D eigenvalue weighted by Gasteiger charge is 2.01. The van der Waals surface area contributed by atoms with Crippen LogP contribution in [-0.2, 0) is 13.0 Å². The average Bonchev–Trinajstić information content (AvgIpc) is 2.40. The zero-order valence-electron chi connectivity index (χ0n) is 11.6. The molecule has 0 atom stereocenters. The Hall–Kier alpha value is -1.71. The minimum Gasteiger partial charge on any atom is -0.330 e. The molecule has 0 amide bonds. The van der Waals surface area contributed by atoms with Crippen molar-refractivity contribution in [3.63, 3.8) is 0 Å². The number of hydrogen-bond donors (Lipinski definition) is 1. The van der Waals surface area contributed by atoms with Gasteiger partial charge in [0.15, 0.2) is 0 Å². The molecule has 100 valence electrons. The van der Waals surface area contributed by atoms with Crippen molar-refractivity contribution in [3.05, 3.63) is 53.7 Å². The zero-order valence-corrected chi connectivity index (χ0v) is 11.6. The van der Waals surface area contributed by atoms with E-state index in [0.29, 0.717) is 6.54 Å². The smallest absolute Gasteiger partial charge is 0.0702 e. The van der Waals surface area contributed by atoms with Gasteiger partial charge in [-0.3, -0.25) is 4.98 Å². The molecule has 1 aromatic heterocycles. The molecule has 3 nitrogen and oxygen atoms in total. The first kappa shape index (κ1) is 13.7. The van der Waals surface area contributed by atoms with Crippen molar-refractivity contribution in [2.45, 2.75) is 13.0 Å². The molecular formula is C16H21N3. The standard InChI is InChI=1S/C16H21N3/c1-19(2)12-14-5-8-16(18-11-14)15-6-3-13(4-7-15)9-10-17/h3-8,11H,9-10,12,17H2,1-2H3. The van der Waals surface area contributed by atoms with Crippen LogP contribution in [0.4, 0.5) is 0 Å². The minimum absolute atomic E-state index is 0.691. The lowest BCUT2D eigenvalue weighted by atomic mass is 10.1. The van der Waals surface area contributed by atoms with Crippen LogP contribution < -0.4 is 5.73 Å². The van der Waals surface area contributed by atoms with Crippen LogP contribution in [0.3, 0.4) is 0 Å². The summed E-state index contributed by atoms with van der Waals surface area (Å²) in [6, 6.07) is 12.7. The van der Waals surface area contributed by atoms with Gasteiger partial charge in [-0.05, 0) is 44.3 Å². The maximum absolute atomic E-state index is 5.55. The average molecular weight is 255 g/mol. The summed E-state index contributed by atoms with van der Waals surface area (Å²) in [6.07, 6.45) is 2.87. The Balaban J connectivity index is 2.13. The van der Waals surface area contributed by atoms with Crippen molar-refractivity contribution in [2.75, 3.05) is 20.6 Å². The summed E-state index contributed by atoms with van der Waals surface area (Å²) >= 11 is 0. The molecule has 2 N–H and O–H groups in total. The monoisotopic (exact) mass is 255 g/mol. The van der Waals surface area contributed by atoms with Gasteiger partial charge in [0, 0.05) is 18.3 Å². The van der Waals surface area contributed by atoms with E-state index in [1.807, 2.05) is 6.20 Å². The van der Waals surface area contributed by atoms with Crippen LogP contribution in [0.15, 0.2) is 42.6 Å². The molecule has 3 heteroatoms. The minimum atomic E-state index is 0.691. The van der Waals surface area contributed by atoms with Gasteiger partial charge >= 0.3 is 0 Å². The van der Waals surface area contributed by atoms with E-state index in [4.69, 9.17) is 5.73 Å². The first-order valence-corrected chi connectivity index (χ1v) is 6.58. The summed E-state index contributed by atoms with van der Waals surface area (Å²) in [5, 5.41) is 0. The van der Waals surface area contributed by atoms with E-state index in [0.717, 1.165) is 24.2 Å². The molecule has 0 unspecified atom stereocenters. The maximum Gasteiger partial charge on any atom is 0.0702 e. The van der Waals surface area contributed by atoms with Crippen LogP contribution in [0.25, 0.3) is 11.3 Å². The second kappa shape index (κ2) is 6.45. The third-order valence-corrected chi connectivity index (χ3v) is 3.01. The van der Waals surface area contributed by atoms with Gasteiger partial charge in [0.2, 0.25) is 0 Å². The summed E-state index contributed by atoms with van der Waals surface area (Å²) in [5.41, 5.74) is 10.2. The highest BCUT2D eigenvalue weighted by molar-refractivity contribution is 5.59. The molecule has 0 saturated heterocycles. The van der Waals surface area contributed by atoms with Crippen LogP contribution >= 0.6 is 0 Å². The maximum atomic E-state index is 5.55. The zero-order chi connectivity index (χ0) is 13.7. The lowest BCUT2D eigenvalue weighted by Crippen LogP contribution is -2.10. The predicted octanol–water partition coefficient (Wildman–Crippen LogP) is 2.31. The topological polar surface area (TPSA) is 42.1 Å². The third kappa shape index (κ3) is 3.88. The van der Waals surface area contributed by atoms with Gasteiger partial charge in [-0.2, -0.15) is 0 Å². The number of hydrogen-bond acceptors (Lipinski definition) is 3. The molecule has 0 bridgehead atoms. The Morgan fingerprint density at radius 2 is 1.68 bits per heavy atom. The Labute approximate surface area is 115 Å². The van der Waals surface area contributed by atoms with Crippen LogP contribution in [0.2, 0.25) is 0 Å². The number of pyridine rings is 1. The molecule has 0 saturated carbocycles. The van der Waals surface area contributed by atoms with E-state index in [1.165, 1.54) is 11.1 Å². The van der Waals surface area contributed by atoms with Crippen molar-refractivity contribution >= 4 is 0 Å². The van der Waals surface area contributed by atoms with E-state index in [9.17, 15) is 0 Å². The van der Waals surface area contributed by atoms with Gasteiger partial charge in [0.25, 0.3) is 0 Å². The van der Waals surface area contributed by atoms with Gasteiger partial charge in [-0.1, -0.05) is 30.3 Å². The lowest BCUT2D eigenvalue weighted by Gasteiger charge is -2.09. The van der Waals surface area contributed by atoms with Crippen molar-refractivity contribution in [1.82, 2.24) is 9.88 Å². The molecule has 0 aliphatic rings. The molecular weight excluding hydrogens is 234 g/mol. The quantitative estimate of drug-likeness (QED) is 0.891. The molecule has 0 aliphatic carbocycles. The molecule has 0 fully saturated rings. The SMILES string of the molecule is CN(C)Cc1ccc(-c2ccc(CCN)cc2)nc1. The second-order valence-corrected chi connectivity index (χ2v) is 5.03. The van der Waals surface area contributed by atoms with E-state index in [2.05, 4.69) is 60.4 Å². The summed E-state index contributed by atoms with van der Waals surface area (Å²) in [6.45, 7) is 1.61. The molecule has 1 aromatic carbocycles. The summed E-state index contributed by atoms with van der Waals surface area (Å²) in [7, 11) is 4.12. The van der Waals surface area contributed by atoms with Gasteiger partial charge in [0.1, 0.15) is 0 Å². The number of benzene rings is 1. The predicted molar refractivity (Wildman–Crippen MR) is 79.8 cm³/mol. The molecule has 2 aromatic rings. The largest absolute Gasteiger partial charge is 0.330 e. The number of rotatable bonds is 5. The van der Waals surface area contributed by atoms with Gasteiger partial charge in [-0.15, -0.1) is 0 Å². The Bertz CT molecular complexity index is 501. The molecule has 19 heavy (non-hydrogen) atoms. The highest BCUT2D eigenvalue weighted by atomic mass is 15.0. The highest BCUT2D eigenvalue weighted by Crippen LogP contribution is 2.18. The fraction of sp³-hybridized carbons (Fsp3) is 0.312. The lowest BCUT2D eigenvalue weighted by molar-refractivity contribution is 0.402. The van der Waals surface area contributed by atoms with Gasteiger partial charge in [0.05, 0.1) is 5.69 Å². The third-order valence-electron chi connectivity index (χ3n) is 3.01. The molecule has 2 rings (SSSR count). The fourth-order valence-corrected chi connectivity index (χ4v) is 2.06. The summed E-state index contributed by atoms with van der Waals surface area (Å²) < 4.78 is 0. The van der Waals surface area contributed by atoms with Crippen molar-refractivity contribution in [1.29, 1.82) is 0 Å².